The van der Waals surface area contributed by atoms with Crippen molar-refractivity contribution in [3.8, 4) is 0 Å². The van der Waals surface area contributed by atoms with E-state index in [0.717, 1.165) is 25.8 Å². The molecular weight excluding hydrogens is 228 g/mol. The van der Waals surface area contributed by atoms with Crippen molar-refractivity contribution in [1.29, 1.82) is 0 Å². The fraction of sp³-hybridized carbons (Fsp3) is 1.00. The summed E-state index contributed by atoms with van der Waals surface area (Å²) < 4.78 is 31.4. The van der Waals surface area contributed by atoms with Gasteiger partial charge in [0, 0.05) is 13.2 Å². The zero-order chi connectivity index (χ0) is 12.0. The van der Waals surface area contributed by atoms with Gasteiger partial charge in [-0.05, 0) is 39.3 Å². The first-order valence-corrected chi connectivity index (χ1v) is 7.41. The van der Waals surface area contributed by atoms with Crippen LogP contribution in [0.1, 0.15) is 25.7 Å². The Labute approximate surface area is 98.0 Å². The van der Waals surface area contributed by atoms with E-state index in [1.54, 1.807) is 7.11 Å². The molecule has 16 heavy (non-hydrogen) atoms. The van der Waals surface area contributed by atoms with E-state index in [9.17, 15) is 8.42 Å². The number of nitrogens with one attached hydrogen (secondary N) is 2. The fourth-order valence-electron chi connectivity index (χ4n) is 2.07. The molecule has 2 N–H and O–H groups in total. The minimum absolute atomic E-state index is 0.0374. The van der Waals surface area contributed by atoms with Gasteiger partial charge in [-0.2, -0.15) is 0 Å². The summed E-state index contributed by atoms with van der Waals surface area (Å²) in [7, 11) is 0.304. The molecule has 1 aliphatic carbocycles. The molecule has 0 aromatic heterocycles. The second-order valence-electron chi connectivity index (χ2n) is 4.21. The maximum Gasteiger partial charge on any atom is 0.211 e. The largest absolute Gasteiger partial charge is 0.380 e. The van der Waals surface area contributed by atoms with Crippen molar-refractivity contribution in [3.05, 3.63) is 0 Å². The van der Waals surface area contributed by atoms with Crippen LogP contribution in [-0.4, -0.2) is 47.0 Å². The fourth-order valence-corrected chi connectivity index (χ4v) is 3.44. The number of ether oxygens (including phenoxy) is 1. The highest BCUT2D eigenvalue weighted by molar-refractivity contribution is 7.89. The summed E-state index contributed by atoms with van der Waals surface area (Å²) in [4.78, 5) is 0. The van der Waals surface area contributed by atoms with Crippen molar-refractivity contribution >= 4 is 10.0 Å². The highest BCUT2D eigenvalue weighted by Gasteiger charge is 2.30. The predicted octanol–water partition coefficient (Wildman–Crippen LogP) is 0.0828. The van der Waals surface area contributed by atoms with Gasteiger partial charge in [0.1, 0.15) is 0 Å². The predicted molar refractivity (Wildman–Crippen MR) is 63.9 cm³/mol. The molecule has 5 nitrogen and oxygen atoms in total. The summed E-state index contributed by atoms with van der Waals surface area (Å²) in [6.45, 7) is 0.722. The van der Waals surface area contributed by atoms with Crippen LogP contribution in [0.15, 0.2) is 0 Å². The maximum absolute atomic E-state index is 11.7. The highest BCUT2D eigenvalue weighted by atomic mass is 32.2. The van der Waals surface area contributed by atoms with Gasteiger partial charge in [0.2, 0.25) is 10.0 Å². The Balaban J connectivity index is 2.39. The molecule has 1 saturated carbocycles. The first kappa shape index (κ1) is 13.9. The third-order valence-electron chi connectivity index (χ3n) is 2.93. The molecule has 0 radical (unpaired) electrons. The van der Waals surface area contributed by atoms with Crippen LogP contribution < -0.4 is 10.0 Å². The average molecular weight is 250 g/mol. The Kier molecular flexibility index (Phi) is 5.68. The zero-order valence-electron chi connectivity index (χ0n) is 10.0. The van der Waals surface area contributed by atoms with Gasteiger partial charge in [-0.1, -0.05) is 0 Å². The van der Waals surface area contributed by atoms with E-state index >= 15 is 0 Å². The Morgan fingerprint density at radius 2 is 2.12 bits per heavy atom. The van der Waals surface area contributed by atoms with Crippen molar-refractivity contribution in [2.24, 2.45) is 0 Å². The third-order valence-corrected chi connectivity index (χ3v) is 4.41. The molecule has 0 aromatic carbocycles. The average Bonchev–Trinajstić information content (AvgIpc) is 2.64. The van der Waals surface area contributed by atoms with Crippen molar-refractivity contribution in [2.75, 3.05) is 26.5 Å². The summed E-state index contributed by atoms with van der Waals surface area (Å²) in [5.41, 5.74) is 0. The quantitative estimate of drug-likeness (QED) is 0.628. The van der Waals surface area contributed by atoms with Crippen LogP contribution in [-0.2, 0) is 14.8 Å². The molecule has 1 aliphatic rings. The summed E-state index contributed by atoms with van der Waals surface area (Å²) >= 11 is 0. The van der Waals surface area contributed by atoms with Crippen LogP contribution in [0.25, 0.3) is 0 Å². The van der Waals surface area contributed by atoms with Gasteiger partial charge in [-0.3, -0.25) is 0 Å². The molecule has 6 heteroatoms. The molecule has 0 aliphatic heterocycles. The SMILES string of the molecule is CNCCCS(=O)(=O)NC1CCCC1OC. The molecule has 1 rings (SSSR count). The number of hydrogen-bond acceptors (Lipinski definition) is 4. The molecule has 0 aromatic rings. The summed E-state index contributed by atoms with van der Waals surface area (Å²) in [6, 6.07) is -0.0374. The summed E-state index contributed by atoms with van der Waals surface area (Å²) in [5.74, 6) is 0.181. The highest BCUT2D eigenvalue weighted by Crippen LogP contribution is 2.22. The van der Waals surface area contributed by atoms with Crippen LogP contribution >= 0.6 is 0 Å². The second kappa shape index (κ2) is 6.54. The third kappa shape index (κ3) is 4.37. The lowest BCUT2D eigenvalue weighted by molar-refractivity contribution is 0.0916. The first-order valence-electron chi connectivity index (χ1n) is 5.76. The van der Waals surface area contributed by atoms with Gasteiger partial charge in [0.15, 0.2) is 0 Å². The maximum atomic E-state index is 11.7. The monoisotopic (exact) mass is 250 g/mol. The molecule has 0 saturated heterocycles. The van der Waals surface area contributed by atoms with Crippen molar-refractivity contribution in [3.63, 3.8) is 0 Å². The first-order chi connectivity index (χ1) is 7.59. The van der Waals surface area contributed by atoms with Gasteiger partial charge in [0.25, 0.3) is 0 Å². The van der Waals surface area contributed by atoms with E-state index in [0.29, 0.717) is 6.42 Å². The van der Waals surface area contributed by atoms with Crippen LogP contribution in [0.3, 0.4) is 0 Å². The molecule has 0 spiro atoms. The smallest absolute Gasteiger partial charge is 0.211 e. The molecule has 96 valence electrons. The molecule has 0 heterocycles. The zero-order valence-corrected chi connectivity index (χ0v) is 10.8. The summed E-state index contributed by atoms with van der Waals surface area (Å²) in [6.07, 6.45) is 3.53. The van der Waals surface area contributed by atoms with E-state index in [4.69, 9.17) is 4.74 Å². The van der Waals surface area contributed by atoms with Crippen molar-refractivity contribution < 1.29 is 13.2 Å². The Hall–Kier alpha value is -0.170. The number of hydrogen-bond donors (Lipinski definition) is 2. The summed E-state index contributed by atoms with van der Waals surface area (Å²) in [5, 5.41) is 2.94. The van der Waals surface area contributed by atoms with E-state index < -0.39 is 10.0 Å². The Morgan fingerprint density at radius 1 is 1.38 bits per heavy atom. The van der Waals surface area contributed by atoms with Gasteiger partial charge >= 0.3 is 0 Å². The van der Waals surface area contributed by atoms with Crippen LogP contribution in [0.5, 0.6) is 0 Å². The van der Waals surface area contributed by atoms with Crippen LogP contribution in [0.4, 0.5) is 0 Å². The van der Waals surface area contributed by atoms with E-state index in [1.165, 1.54) is 0 Å². The minimum atomic E-state index is -3.15. The van der Waals surface area contributed by atoms with Gasteiger partial charge in [-0.15, -0.1) is 0 Å². The van der Waals surface area contributed by atoms with Gasteiger partial charge in [-0.25, -0.2) is 13.1 Å². The van der Waals surface area contributed by atoms with Crippen LogP contribution in [0, 0.1) is 0 Å². The lowest BCUT2D eigenvalue weighted by atomic mass is 10.2. The van der Waals surface area contributed by atoms with E-state index in [-0.39, 0.29) is 17.9 Å². The van der Waals surface area contributed by atoms with Gasteiger partial charge in [0.05, 0.1) is 11.9 Å². The molecular formula is C10H22N2O3S. The molecule has 2 atom stereocenters. The van der Waals surface area contributed by atoms with Crippen molar-refractivity contribution in [1.82, 2.24) is 10.0 Å². The van der Waals surface area contributed by atoms with Gasteiger partial charge < -0.3 is 10.1 Å². The van der Waals surface area contributed by atoms with Crippen molar-refractivity contribution in [2.45, 2.75) is 37.8 Å². The topological polar surface area (TPSA) is 67.4 Å². The minimum Gasteiger partial charge on any atom is -0.380 e. The number of sulfonamides is 1. The second-order valence-corrected chi connectivity index (χ2v) is 6.08. The molecule has 0 bridgehead atoms. The molecule has 1 fully saturated rings. The molecule has 0 amide bonds. The Morgan fingerprint density at radius 3 is 2.75 bits per heavy atom. The number of methoxy groups -OCH3 is 1. The Bertz CT molecular complexity index is 292. The van der Waals surface area contributed by atoms with Crippen LogP contribution in [0.2, 0.25) is 0 Å². The lowest BCUT2D eigenvalue weighted by Gasteiger charge is -2.19. The van der Waals surface area contributed by atoms with E-state index in [1.807, 2.05) is 7.05 Å². The number of rotatable bonds is 7. The normalized spacial score (nSPS) is 26.1. The molecule has 2 unspecified atom stereocenters. The van der Waals surface area contributed by atoms with E-state index in [2.05, 4.69) is 10.0 Å². The lowest BCUT2D eigenvalue weighted by Crippen LogP contribution is -2.42. The standard InChI is InChI=1S/C10H22N2O3S/c1-11-7-4-8-16(13,14)12-9-5-3-6-10(9)15-2/h9-12H,3-8H2,1-2H3.